The standard InChI is InChI=1S/C28H31FN2O2S/c1-30(28(32)24-11-15-34-19-24)26(17-22-4-2-3-5-25(22)29)21-8-12-31(13-9-21)18-20-6-7-27-23(16-20)10-14-33-27/h2-7,11,15-16,19,21,26H,8-10,12-14,17-18H2,1H3. The van der Waals surface area contributed by atoms with Gasteiger partial charge in [0.1, 0.15) is 11.6 Å². The molecule has 1 atom stereocenters. The van der Waals surface area contributed by atoms with Crippen molar-refractivity contribution in [1.29, 1.82) is 0 Å². The average molecular weight is 479 g/mol. The van der Waals surface area contributed by atoms with Gasteiger partial charge in [-0.15, -0.1) is 0 Å². The Morgan fingerprint density at radius 1 is 1.21 bits per heavy atom. The van der Waals surface area contributed by atoms with Gasteiger partial charge in [-0.05, 0) is 78.5 Å². The largest absolute Gasteiger partial charge is 0.493 e. The second kappa shape index (κ2) is 10.3. The molecule has 0 bridgehead atoms. The molecule has 0 saturated carbocycles. The number of likely N-dealkylation sites (N-methyl/N-ethyl adjacent to an activating group) is 1. The number of carbonyl (C=O) groups is 1. The molecular formula is C28H31FN2O2S. The van der Waals surface area contributed by atoms with E-state index < -0.39 is 0 Å². The molecule has 3 heterocycles. The maximum Gasteiger partial charge on any atom is 0.254 e. The Bertz CT molecular complexity index is 1130. The van der Waals surface area contributed by atoms with E-state index in [-0.39, 0.29) is 17.8 Å². The predicted molar refractivity (Wildman–Crippen MR) is 134 cm³/mol. The summed E-state index contributed by atoms with van der Waals surface area (Å²) in [7, 11) is 1.88. The second-order valence-electron chi connectivity index (χ2n) is 9.45. The van der Waals surface area contributed by atoms with Crippen molar-refractivity contribution >= 4 is 17.2 Å². The van der Waals surface area contributed by atoms with E-state index in [2.05, 4.69) is 23.1 Å². The summed E-state index contributed by atoms with van der Waals surface area (Å²) < 4.78 is 20.2. The number of nitrogens with zero attached hydrogens (tertiary/aromatic N) is 2. The van der Waals surface area contributed by atoms with Gasteiger partial charge in [0.25, 0.3) is 5.91 Å². The molecule has 0 spiro atoms. The molecule has 3 aromatic rings. The van der Waals surface area contributed by atoms with E-state index in [1.807, 2.05) is 40.9 Å². The number of thiophene rings is 1. The van der Waals surface area contributed by atoms with E-state index in [4.69, 9.17) is 4.74 Å². The number of piperidine rings is 1. The summed E-state index contributed by atoms with van der Waals surface area (Å²) in [5, 5.41) is 3.82. The zero-order valence-electron chi connectivity index (χ0n) is 19.6. The van der Waals surface area contributed by atoms with E-state index in [1.54, 1.807) is 6.07 Å². The lowest BCUT2D eigenvalue weighted by Gasteiger charge is -2.40. The van der Waals surface area contributed by atoms with Crippen molar-refractivity contribution in [3.63, 3.8) is 0 Å². The van der Waals surface area contributed by atoms with Gasteiger partial charge in [-0.25, -0.2) is 4.39 Å². The van der Waals surface area contributed by atoms with Crippen LogP contribution in [0.15, 0.2) is 59.3 Å². The monoisotopic (exact) mass is 478 g/mol. The molecule has 6 heteroatoms. The zero-order chi connectivity index (χ0) is 23.5. The highest BCUT2D eigenvalue weighted by Gasteiger charge is 2.32. The van der Waals surface area contributed by atoms with Crippen LogP contribution in [0.25, 0.3) is 0 Å². The summed E-state index contributed by atoms with van der Waals surface area (Å²) in [5.74, 6) is 1.18. The number of halogens is 1. The lowest BCUT2D eigenvalue weighted by atomic mass is 9.84. The first-order chi connectivity index (χ1) is 16.6. The molecule has 0 aliphatic carbocycles. The SMILES string of the molecule is CN(C(=O)c1ccsc1)C(Cc1ccccc1F)C1CCN(Cc2ccc3c(c2)CCO3)CC1. The van der Waals surface area contributed by atoms with Crippen LogP contribution in [0.2, 0.25) is 0 Å². The van der Waals surface area contributed by atoms with E-state index in [9.17, 15) is 9.18 Å². The number of hydrogen-bond acceptors (Lipinski definition) is 4. The average Bonchev–Trinajstić information content (AvgIpc) is 3.55. The summed E-state index contributed by atoms with van der Waals surface area (Å²) in [5.41, 5.74) is 4.03. The maximum absolute atomic E-state index is 14.5. The Labute approximate surface area is 205 Å². The van der Waals surface area contributed by atoms with Crippen molar-refractivity contribution in [3.05, 3.63) is 87.4 Å². The Morgan fingerprint density at radius 3 is 2.79 bits per heavy atom. The molecule has 2 aliphatic rings. The van der Waals surface area contributed by atoms with Crippen LogP contribution in [0, 0.1) is 11.7 Å². The summed E-state index contributed by atoms with van der Waals surface area (Å²) in [6.45, 7) is 3.67. The molecule has 1 unspecified atom stereocenters. The molecule has 34 heavy (non-hydrogen) atoms. The first-order valence-electron chi connectivity index (χ1n) is 12.1. The van der Waals surface area contributed by atoms with Crippen molar-refractivity contribution in [3.8, 4) is 5.75 Å². The van der Waals surface area contributed by atoms with Crippen molar-refractivity contribution < 1.29 is 13.9 Å². The zero-order valence-corrected chi connectivity index (χ0v) is 20.4. The number of likely N-dealkylation sites (tertiary alicyclic amines) is 1. The van der Waals surface area contributed by atoms with Gasteiger partial charge in [-0.1, -0.05) is 30.3 Å². The van der Waals surface area contributed by atoms with E-state index >= 15 is 0 Å². The minimum atomic E-state index is -0.193. The number of amides is 1. The van der Waals surface area contributed by atoms with Crippen LogP contribution in [0.4, 0.5) is 4.39 Å². The molecule has 1 fully saturated rings. The fourth-order valence-corrected chi connectivity index (χ4v) is 5.97. The van der Waals surface area contributed by atoms with E-state index in [0.717, 1.165) is 51.3 Å². The van der Waals surface area contributed by atoms with E-state index in [0.29, 0.717) is 23.5 Å². The fraction of sp³-hybridized carbons (Fsp3) is 0.393. The van der Waals surface area contributed by atoms with Gasteiger partial charge in [0.2, 0.25) is 0 Å². The molecule has 5 rings (SSSR count). The smallest absolute Gasteiger partial charge is 0.254 e. The topological polar surface area (TPSA) is 32.8 Å². The van der Waals surface area contributed by atoms with Crippen molar-refractivity contribution in [2.75, 3.05) is 26.7 Å². The van der Waals surface area contributed by atoms with Crippen LogP contribution in [0.1, 0.15) is 39.9 Å². The van der Waals surface area contributed by atoms with Gasteiger partial charge in [0, 0.05) is 31.4 Å². The highest BCUT2D eigenvalue weighted by Crippen LogP contribution is 2.30. The number of hydrogen-bond donors (Lipinski definition) is 0. The van der Waals surface area contributed by atoms with Gasteiger partial charge < -0.3 is 9.64 Å². The van der Waals surface area contributed by atoms with Crippen LogP contribution >= 0.6 is 11.3 Å². The van der Waals surface area contributed by atoms with Crippen LogP contribution < -0.4 is 4.74 Å². The number of rotatable bonds is 7. The first-order valence-corrected chi connectivity index (χ1v) is 13.0. The molecular weight excluding hydrogens is 447 g/mol. The van der Waals surface area contributed by atoms with Gasteiger partial charge >= 0.3 is 0 Å². The lowest BCUT2D eigenvalue weighted by Crippen LogP contribution is -2.47. The van der Waals surface area contributed by atoms with Crippen LogP contribution in [0.5, 0.6) is 5.75 Å². The molecule has 0 radical (unpaired) electrons. The van der Waals surface area contributed by atoms with Crippen LogP contribution in [-0.4, -0.2) is 48.5 Å². The van der Waals surface area contributed by atoms with Crippen molar-refractivity contribution in [2.45, 2.75) is 38.3 Å². The highest BCUT2D eigenvalue weighted by atomic mass is 32.1. The molecule has 0 N–H and O–H groups in total. The highest BCUT2D eigenvalue weighted by molar-refractivity contribution is 7.08. The van der Waals surface area contributed by atoms with Crippen LogP contribution in [0.3, 0.4) is 0 Å². The summed E-state index contributed by atoms with van der Waals surface area (Å²) in [6.07, 6.45) is 3.52. The predicted octanol–water partition coefficient (Wildman–Crippen LogP) is 5.42. The van der Waals surface area contributed by atoms with Crippen molar-refractivity contribution in [2.24, 2.45) is 5.92 Å². The first kappa shape index (κ1) is 23.1. The normalized spacial score (nSPS) is 17.2. The number of benzene rings is 2. The third-order valence-corrected chi connectivity index (χ3v) is 7.99. The third kappa shape index (κ3) is 5.03. The number of ether oxygens (including phenoxy) is 1. The Morgan fingerprint density at radius 2 is 2.03 bits per heavy atom. The maximum atomic E-state index is 14.5. The summed E-state index contributed by atoms with van der Waals surface area (Å²) in [4.78, 5) is 17.5. The number of carbonyl (C=O) groups excluding carboxylic acids is 1. The summed E-state index contributed by atoms with van der Waals surface area (Å²) >= 11 is 1.53. The van der Waals surface area contributed by atoms with Crippen molar-refractivity contribution in [1.82, 2.24) is 9.80 Å². The van der Waals surface area contributed by atoms with Crippen LogP contribution in [-0.2, 0) is 19.4 Å². The van der Waals surface area contributed by atoms with E-state index in [1.165, 1.54) is 28.5 Å². The van der Waals surface area contributed by atoms with Gasteiger partial charge in [0.05, 0.1) is 12.2 Å². The molecule has 2 aliphatic heterocycles. The molecule has 1 amide bonds. The van der Waals surface area contributed by atoms with Gasteiger partial charge in [-0.2, -0.15) is 11.3 Å². The quantitative estimate of drug-likeness (QED) is 0.455. The van der Waals surface area contributed by atoms with Gasteiger partial charge in [-0.3, -0.25) is 9.69 Å². The summed E-state index contributed by atoms with van der Waals surface area (Å²) in [6, 6.07) is 15.3. The van der Waals surface area contributed by atoms with Gasteiger partial charge in [0.15, 0.2) is 0 Å². The minimum absolute atomic E-state index is 0.0189. The second-order valence-corrected chi connectivity index (χ2v) is 10.2. The molecule has 4 nitrogen and oxygen atoms in total. The minimum Gasteiger partial charge on any atom is -0.493 e. The Kier molecular flexibility index (Phi) is 6.97. The molecule has 178 valence electrons. The lowest BCUT2D eigenvalue weighted by molar-refractivity contribution is 0.0584. The molecule has 1 aromatic heterocycles. The fourth-order valence-electron chi connectivity index (χ4n) is 5.34. The third-order valence-electron chi connectivity index (χ3n) is 7.31. The number of fused-ring (bicyclic) bond motifs is 1. The Balaban J connectivity index is 1.27. The molecule has 1 saturated heterocycles. The Hall–Kier alpha value is -2.70. The molecule has 2 aromatic carbocycles.